The number of alkyl halides is 3. The van der Waals surface area contributed by atoms with Gasteiger partial charge in [0.1, 0.15) is 5.75 Å². The molecule has 188 valence electrons. The van der Waals surface area contributed by atoms with E-state index in [1.165, 1.54) is 24.1 Å². The summed E-state index contributed by atoms with van der Waals surface area (Å²) in [5.41, 5.74) is -1.22. The molecule has 0 saturated carbocycles. The lowest BCUT2D eigenvalue weighted by molar-refractivity contribution is -0.150. The fourth-order valence-corrected chi connectivity index (χ4v) is 5.12. The Kier molecular flexibility index (Phi) is 9.13. The minimum atomic E-state index is -4.73. The molecule has 35 heavy (non-hydrogen) atoms. The quantitative estimate of drug-likeness (QED) is 0.311. The van der Waals surface area contributed by atoms with E-state index in [9.17, 15) is 22.8 Å². The van der Waals surface area contributed by atoms with E-state index in [2.05, 4.69) is 0 Å². The number of hydrogen-bond acceptors (Lipinski definition) is 5. The van der Waals surface area contributed by atoms with Gasteiger partial charge in [0.05, 0.1) is 35.1 Å². The molecule has 0 unspecified atom stereocenters. The van der Waals surface area contributed by atoms with Crippen LogP contribution in [0, 0.1) is 5.92 Å². The minimum Gasteiger partial charge on any atom is -0.496 e. The van der Waals surface area contributed by atoms with Crippen LogP contribution in [-0.4, -0.2) is 43.6 Å². The lowest BCUT2D eigenvalue weighted by Gasteiger charge is -2.30. The molecule has 0 radical (unpaired) electrons. The van der Waals surface area contributed by atoms with Crippen LogP contribution in [-0.2, 0) is 20.5 Å². The number of hydrogen-bond donors (Lipinski definition) is 0. The number of nitrogens with zero attached hydrogens (tertiary/aromatic N) is 1. The van der Waals surface area contributed by atoms with E-state index in [1.807, 2.05) is 0 Å². The maximum Gasteiger partial charge on any atom is 0.418 e. The average Bonchev–Trinajstić information content (AvgIpc) is 2.83. The largest absolute Gasteiger partial charge is 0.496 e. The zero-order valence-corrected chi connectivity index (χ0v) is 20.8. The van der Waals surface area contributed by atoms with Crippen LogP contribution in [0.15, 0.2) is 52.3 Å². The zero-order valence-electron chi connectivity index (χ0n) is 19.2. The molecular formula is C25H25ClF3NO4S. The average molecular weight is 528 g/mol. The molecule has 2 aromatic carbocycles. The van der Waals surface area contributed by atoms with Gasteiger partial charge in [-0.2, -0.15) is 13.2 Å². The van der Waals surface area contributed by atoms with Gasteiger partial charge >= 0.3 is 12.1 Å². The maximum absolute atomic E-state index is 13.9. The molecule has 0 aliphatic carbocycles. The van der Waals surface area contributed by atoms with E-state index < -0.39 is 22.7 Å². The van der Waals surface area contributed by atoms with Crippen LogP contribution in [0.1, 0.15) is 30.9 Å². The first-order chi connectivity index (χ1) is 16.7. The first-order valence-electron chi connectivity index (χ1n) is 11.0. The number of carbonyl (C=O) groups is 2. The van der Waals surface area contributed by atoms with Crippen molar-refractivity contribution in [3.05, 3.63) is 58.6 Å². The number of piperidine rings is 1. The van der Waals surface area contributed by atoms with Crippen LogP contribution < -0.4 is 4.74 Å². The maximum atomic E-state index is 13.9. The molecule has 0 spiro atoms. The highest BCUT2D eigenvalue weighted by molar-refractivity contribution is 7.99. The van der Waals surface area contributed by atoms with Crippen LogP contribution in [0.2, 0.25) is 5.02 Å². The Morgan fingerprint density at radius 1 is 1.14 bits per heavy atom. The number of ether oxygens (including phenoxy) is 2. The van der Waals surface area contributed by atoms with E-state index in [-0.39, 0.29) is 22.3 Å². The Bertz CT molecular complexity index is 1100. The van der Waals surface area contributed by atoms with Gasteiger partial charge in [0.15, 0.2) is 0 Å². The fourth-order valence-electron chi connectivity index (χ4n) is 3.76. The molecule has 2 aromatic rings. The predicted octanol–water partition coefficient (Wildman–Crippen LogP) is 6.33. The van der Waals surface area contributed by atoms with Crippen molar-refractivity contribution in [3.8, 4) is 5.75 Å². The number of halogens is 4. The summed E-state index contributed by atoms with van der Waals surface area (Å²) in [4.78, 5) is 26.8. The third-order valence-corrected chi connectivity index (χ3v) is 7.17. The SMILES string of the molecule is CCOC(=O)C1CCN(C(=O)C=Cc2ccc(Sc3ccccc3OC)c(Cl)c2C(F)(F)F)CC1. The summed E-state index contributed by atoms with van der Waals surface area (Å²) in [6.45, 7) is 2.68. The second-order valence-electron chi connectivity index (χ2n) is 7.78. The number of esters is 1. The second-order valence-corrected chi connectivity index (χ2v) is 9.24. The van der Waals surface area contributed by atoms with Crippen molar-refractivity contribution >= 4 is 41.3 Å². The van der Waals surface area contributed by atoms with Gasteiger partial charge in [-0.15, -0.1) is 0 Å². The summed E-state index contributed by atoms with van der Waals surface area (Å²) in [5, 5.41) is -0.446. The zero-order chi connectivity index (χ0) is 25.6. The van der Waals surface area contributed by atoms with Crippen molar-refractivity contribution in [1.82, 2.24) is 4.90 Å². The Labute approximate surface area is 211 Å². The number of benzene rings is 2. The third-order valence-electron chi connectivity index (χ3n) is 5.54. The summed E-state index contributed by atoms with van der Waals surface area (Å²) < 4.78 is 52.1. The van der Waals surface area contributed by atoms with E-state index in [0.717, 1.165) is 23.9 Å². The van der Waals surface area contributed by atoms with E-state index in [1.54, 1.807) is 31.2 Å². The smallest absolute Gasteiger partial charge is 0.418 e. The van der Waals surface area contributed by atoms with Gasteiger partial charge in [-0.05, 0) is 49.6 Å². The second kappa shape index (κ2) is 11.9. The number of rotatable bonds is 7. The topological polar surface area (TPSA) is 55.8 Å². The van der Waals surface area contributed by atoms with Gasteiger partial charge in [-0.1, -0.05) is 41.6 Å². The minimum absolute atomic E-state index is 0.207. The molecule has 1 aliphatic rings. The summed E-state index contributed by atoms with van der Waals surface area (Å²) in [7, 11) is 1.48. The van der Waals surface area contributed by atoms with Gasteiger partial charge < -0.3 is 14.4 Å². The van der Waals surface area contributed by atoms with Crippen molar-refractivity contribution in [3.63, 3.8) is 0 Å². The summed E-state index contributed by atoms with van der Waals surface area (Å²) >= 11 is 7.29. The molecule has 3 rings (SSSR count). The van der Waals surface area contributed by atoms with Gasteiger partial charge in [-0.25, -0.2) is 0 Å². The number of amides is 1. The van der Waals surface area contributed by atoms with Crippen LogP contribution in [0.5, 0.6) is 5.75 Å². The fraction of sp³-hybridized carbons (Fsp3) is 0.360. The summed E-state index contributed by atoms with van der Waals surface area (Å²) in [6, 6.07) is 9.73. The third kappa shape index (κ3) is 6.73. The normalized spacial score (nSPS) is 14.9. The molecule has 1 aliphatic heterocycles. The van der Waals surface area contributed by atoms with E-state index in [0.29, 0.717) is 43.2 Å². The molecule has 1 amide bonds. The van der Waals surface area contributed by atoms with Crippen molar-refractivity contribution < 1.29 is 32.2 Å². The number of para-hydroxylation sites is 1. The Hall–Kier alpha value is -2.65. The monoisotopic (exact) mass is 527 g/mol. The van der Waals surface area contributed by atoms with Crippen molar-refractivity contribution in [2.45, 2.75) is 35.7 Å². The molecule has 5 nitrogen and oxygen atoms in total. The van der Waals surface area contributed by atoms with Crippen LogP contribution >= 0.6 is 23.4 Å². The highest BCUT2D eigenvalue weighted by Crippen LogP contribution is 2.45. The lowest BCUT2D eigenvalue weighted by Crippen LogP contribution is -2.39. The van der Waals surface area contributed by atoms with Crippen molar-refractivity contribution in [2.24, 2.45) is 5.92 Å². The van der Waals surface area contributed by atoms with Crippen LogP contribution in [0.4, 0.5) is 13.2 Å². The molecule has 0 aromatic heterocycles. The Balaban J connectivity index is 1.79. The molecular weight excluding hydrogens is 503 g/mol. The molecule has 1 heterocycles. The highest BCUT2D eigenvalue weighted by atomic mass is 35.5. The van der Waals surface area contributed by atoms with Crippen LogP contribution in [0.3, 0.4) is 0 Å². The van der Waals surface area contributed by atoms with Crippen LogP contribution in [0.25, 0.3) is 6.08 Å². The van der Waals surface area contributed by atoms with E-state index in [4.69, 9.17) is 21.1 Å². The van der Waals surface area contributed by atoms with E-state index >= 15 is 0 Å². The standard InChI is InChI=1S/C25H25ClF3NO4S/c1-3-34-24(32)17-12-14-30(15-13-17)21(31)11-9-16-8-10-20(23(26)22(16)25(27,28)29)35-19-7-5-4-6-18(19)33-2/h4-11,17H,3,12-15H2,1-2H3. The first kappa shape index (κ1) is 26.9. The van der Waals surface area contributed by atoms with Gasteiger partial charge in [0.2, 0.25) is 5.91 Å². The number of likely N-dealkylation sites (tertiary alicyclic amines) is 1. The van der Waals surface area contributed by atoms with Gasteiger partial charge in [0, 0.05) is 24.1 Å². The summed E-state index contributed by atoms with van der Waals surface area (Å²) in [6.07, 6.45) is -1.58. The molecule has 0 atom stereocenters. The number of carbonyl (C=O) groups excluding carboxylic acids is 2. The molecule has 0 bridgehead atoms. The Morgan fingerprint density at radius 2 is 1.83 bits per heavy atom. The van der Waals surface area contributed by atoms with Crippen molar-refractivity contribution in [2.75, 3.05) is 26.8 Å². The highest BCUT2D eigenvalue weighted by Gasteiger charge is 2.37. The lowest BCUT2D eigenvalue weighted by atomic mass is 9.97. The van der Waals surface area contributed by atoms with Gasteiger partial charge in [0.25, 0.3) is 0 Å². The van der Waals surface area contributed by atoms with Crippen molar-refractivity contribution in [1.29, 1.82) is 0 Å². The van der Waals surface area contributed by atoms with Gasteiger partial charge in [-0.3, -0.25) is 9.59 Å². The predicted molar refractivity (Wildman–Crippen MR) is 129 cm³/mol. The summed E-state index contributed by atoms with van der Waals surface area (Å²) in [5.74, 6) is -0.468. The number of methoxy groups -OCH3 is 1. The molecule has 1 saturated heterocycles. The first-order valence-corrected chi connectivity index (χ1v) is 12.2. The molecule has 0 N–H and O–H groups in total. The molecule has 1 fully saturated rings. The molecule has 10 heteroatoms. The Morgan fingerprint density at radius 3 is 2.46 bits per heavy atom.